The summed E-state index contributed by atoms with van der Waals surface area (Å²) in [6, 6.07) is 0.194. The topological polar surface area (TPSA) is 103 Å². The van der Waals surface area contributed by atoms with Gasteiger partial charge in [0.25, 0.3) is 0 Å². The maximum Gasteiger partial charge on any atom is 0.327 e. The Kier molecular flexibility index (Phi) is 7.97. The highest BCUT2D eigenvalue weighted by molar-refractivity contribution is 8.14. The van der Waals surface area contributed by atoms with Gasteiger partial charge in [0.2, 0.25) is 5.91 Å². The summed E-state index contributed by atoms with van der Waals surface area (Å²) in [5.74, 6) is -0.823. The molecule has 0 bridgehead atoms. The Morgan fingerprint density at radius 3 is 2.78 bits per heavy atom. The van der Waals surface area contributed by atoms with Crippen LogP contribution in [-0.4, -0.2) is 86.6 Å². The lowest BCUT2D eigenvalue weighted by molar-refractivity contribution is -0.124. The number of amidine groups is 1. The van der Waals surface area contributed by atoms with Crippen LogP contribution in [0.25, 0.3) is 0 Å². The molecule has 32 heavy (non-hydrogen) atoms. The number of allylic oxidation sites excluding steroid dienone is 1. The summed E-state index contributed by atoms with van der Waals surface area (Å²) in [7, 11) is 1.13. The fraction of sp³-hybridized carbons (Fsp3) is 0.762. The van der Waals surface area contributed by atoms with Gasteiger partial charge in [-0.3, -0.25) is 29.5 Å². The van der Waals surface area contributed by atoms with Gasteiger partial charge >= 0.3 is 6.03 Å². The van der Waals surface area contributed by atoms with Crippen LogP contribution < -0.4 is 16.0 Å². The molecular weight excluding hydrogens is 470 g/mol. The SMILES string of the molecule is CN[C@H]1CCN(C2C=CC(Cl)C(C(=O)NC(=O)NC3=NC4CCC(S(C)=O)CC4S3)C2)C1. The van der Waals surface area contributed by atoms with E-state index in [1.54, 1.807) is 6.26 Å². The van der Waals surface area contributed by atoms with Gasteiger partial charge in [-0.25, -0.2) is 4.79 Å². The molecule has 2 aliphatic heterocycles. The summed E-state index contributed by atoms with van der Waals surface area (Å²) in [6.07, 6.45) is 10.00. The molecule has 7 unspecified atom stereocenters. The Bertz CT molecular complexity index is 825. The minimum absolute atomic E-state index is 0.143. The number of alkyl halides is 1. The van der Waals surface area contributed by atoms with Crippen molar-refractivity contribution >= 4 is 51.3 Å². The third-order valence-electron chi connectivity index (χ3n) is 7.01. The largest absolute Gasteiger partial charge is 0.327 e. The molecule has 0 aromatic rings. The number of carbonyl (C=O) groups is 2. The highest BCUT2D eigenvalue weighted by Crippen LogP contribution is 2.38. The Morgan fingerprint density at radius 1 is 1.25 bits per heavy atom. The van der Waals surface area contributed by atoms with E-state index in [9.17, 15) is 13.8 Å². The van der Waals surface area contributed by atoms with Crippen LogP contribution >= 0.6 is 23.4 Å². The Morgan fingerprint density at radius 2 is 2.06 bits per heavy atom. The van der Waals surface area contributed by atoms with E-state index in [0.717, 1.165) is 38.8 Å². The third kappa shape index (κ3) is 5.58. The van der Waals surface area contributed by atoms with Crippen molar-refractivity contribution in [2.75, 3.05) is 26.4 Å². The van der Waals surface area contributed by atoms with Gasteiger partial charge < -0.3 is 5.32 Å². The number of likely N-dealkylation sites (tertiary alicyclic amines) is 1. The number of hydrogen-bond donors (Lipinski definition) is 3. The Balaban J connectivity index is 1.28. The van der Waals surface area contributed by atoms with Gasteiger partial charge in [-0.2, -0.15) is 0 Å². The fourth-order valence-electron chi connectivity index (χ4n) is 5.06. The molecule has 3 N–H and O–H groups in total. The number of imide groups is 1. The van der Waals surface area contributed by atoms with Gasteiger partial charge in [-0.15, -0.1) is 11.6 Å². The lowest BCUT2D eigenvalue weighted by Gasteiger charge is -2.33. The molecule has 0 aromatic heterocycles. The average molecular weight is 502 g/mol. The molecule has 8 nitrogen and oxygen atoms in total. The van der Waals surface area contributed by atoms with E-state index in [2.05, 4.69) is 31.9 Å². The van der Waals surface area contributed by atoms with Crippen molar-refractivity contribution in [3.05, 3.63) is 12.2 Å². The molecular formula is C21H32ClN5O3S2. The molecule has 8 atom stereocenters. The second kappa shape index (κ2) is 10.5. The van der Waals surface area contributed by atoms with Crippen molar-refractivity contribution in [1.29, 1.82) is 0 Å². The number of halogens is 1. The van der Waals surface area contributed by atoms with Crippen LogP contribution in [0.15, 0.2) is 17.1 Å². The molecule has 4 aliphatic rings. The number of amides is 3. The smallest absolute Gasteiger partial charge is 0.316 e. The number of rotatable bonds is 4. The first-order valence-electron chi connectivity index (χ1n) is 11.3. The Labute approximate surface area is 201 Å². The number of carbonyl (C=O) groups excluding carboxylic acids is 2. The molecule has 178 valence electrons. The molecule has 0 spiro atoms. The molecule has 1 saturated heterocycles. The van der Waals surface area contributed by atoms with Crippen LogP contribution in [0.4, 0.5) is 4.79 Å². The summed E-state index contributed by atoms with van der Waals surface area (Å²) in [5, 5.41) is 9.04. The monoisotopic (exact) mass is 501 g/mol. The lowest BCUT2D eigenvalue weighted by atomic mass is 9.89. The summed E-state index contributed by atoms with van der Waals surface area (Å²) >= 11 is 7.93. The molecule has 0 radical (unpaired) electrons. The molecule has 3 amide bonds. The second-order valence-electron chi connectivity index (χ2n) is 9.04. The van der Waals surface area contributed by atoms with E-state index in [1.165, 1.54) is 11.8 Å². The molecule has 0 aromatic carbocycles. The van der Waals surface area contributed by atoms with Gasteiger partial charge in [0.15, 0.2) is 5.17 Å². The maximum atomic E-state index is 12.8. The van der Waals surface area contributed by atoms with Crippen LogP contribution in [0.2, 0.25) is 0 Å². The standard InChI is InChI=1S/C21H32ClN5O3S2/c1-23-12-7-8-27(11-12)13-3-5-16(22)15(9-13)19(28)25-20(29)26-21-24-17-6-4-14(32(2)30)10-18(17)31-21/h3,5,12-18,23H,4,6-11H2,1-2H3,(H2,24,25,26,28,29)/t12-,13?,14?,15?,16?,17?,18?,32?/m0/s1. The number of hydrogen-bond acceptors (Lipinski definition) is 7. The zero-order chi connectivity index (χ0) is 22.8. The number of nitrogens with zero attached hydrogens (tertiary/aromatic N) is 2. The molecule has 2 heterocycles. The van der Waals surface area contributed by atoms with Gasteiger partial charge in [0.1, 0.15) is 0 Å². The van der Waals surface area contributed by atoms with Crippen molar-refractivity contribution in [2.24, 2.45) is 10.9 Å². The van der Waals surface area contributed by atoms with Crippen molar-refractivity contribution < 1.29 is 13.8 Å². The Hall–Kier alpha value is -0.940. The third-order valence-corrected chi connectivity index (χ3v) is 10.1. The number of thioether (sulfide) groups is 1. The van der Waals surface area contributed by atoms with Crippen molar-refractivity contribution in [3.63, 3.8) is 0 Å². The van der Waals surface area contributed by atoms with Crippen molar-refractivity contribution in [2.45, 2.75) is 66.1 Å². The van der Waals surface area contributed by atoms with Gasteiger partial charge in [-0.05, 0) is 39.2 Å². The van der Waals surface area contributed by atoms with Crippen LogP contribution in [0, 0.1) is 5.92 Å². The lowest BCUT2D eigenvalue weighted by Crippen LogP contribution is -2.48. The van der Waals surface area contributed by atoms with E-state index < -0.39 is 28.1 Å². The summed E-state index contributed by atoms with van der Waals surface area (Å²) in [5.41, 5.74) is 0. The van der Waals surface area contributed by atoms with E-state index in [-0.39, 0.29) is 28.5 Å². The number of aliphatic imine (C=N–C) groups is 1. The minimum atomic E-state index is -0.838. The first-order chi connectivity index (χ1) is 15.3. The van der Waals surface area contributed by atoms with Crippen LogP contribution in [-0.2, 0) is 15.6 Å². The summed E-state index contributed by atoms with van der Waals surface area (Å²) in [4.78, 5) is 32.3. The second-order valence-corrected chi connectivity index (χ2v) is 12.4. The highest BCUT2D eigenvalue weighted by Gasteiger charge is 2.39. The maximum absolute atomic E-state index is 12.8. The van der Waals surface area contributed by atoms with E-state index in [0.29, 0.717) is 17.6 Å². The van der Waals surface area contributed by atoms with Gasteiger partial charge in [-0.1, -0.05) is 23.9 Å². The fourth-order valence-corrected chi connectivity index (χ4v) is 7.74. The zero-order valence-corrected chi connectivity index (χ0v) is 20.8. The quantitative estimate of drug-likeness (QED) is 0.398. The van der Waals surface area contributed by atoms with E-state index in [1.807, 2.05) is 13.1 Å². The average Bonchev–Trinajstić information content (AvgIpc) is 3.39. The number of urea groups is 1. The van der Waals surface area contributed by atoms with Crippen molar-refractivity contribution in [3.8, 4) is 0 Å². The first kappa shape index (κ1) is 24.2. The van der Waals surface area contributed by atoms with Crippen molar-refractivity contribution in [1.82, 2.24) is 20.9 Å². The minimum Gasteiger partial charge on any atom is -0.316 e. The van der Waals surface area contributed by atoms with E-state index in [4.69, 9.17) is 11.6 Å². The summed E-state index contributed by atoms with van der Waals surface area (Å²) in [6.45, 7) is 1.92. The molecule has 2 aliphatic carbocycles. The molecule has 2 fully saturated rings. The molecule has 4 rings (SSSR count). The predicted octanol–water partition coefficient (Wildman–Crippen LogP) is 1.43. The first-order valence-corrected chi connectivity index (χ1v) is 14.2. The molecule has 1 saturated carbocycles. The van der Waals surface area contributed by atoms with Crippen LogP contribution in [0.5, 0.6) is 0 Å². The van der Waals surface area contributed by atoms with Crippen LogP contribution in [0.1, 0.15) is 32.1 Å². The highest BCUT2D eigenvalue weighted by atomic mass is 35.5. The van der Waals surface area contributed by atoms with Crippen LogP contribution in [0.3, 0.4) is 0 Å². The molecule has 11 heteroatoms. The van der Waals surface area contributed by atoms with E-state index >= 15 is 0 Å². The predicted molar refractivity (Wildman–Crippen MR) is 131 cm³/mol. The van der Waals surface area contributed by atoms with Gasteiger partial charge in [0.05, 0.1) is 17.3 Å². The number of fused-ring (bicyclic) bond motifs is 1. The zero-order valence-electron chi connectivity index (χ0n) is 18.5. The summed E-state index contributed by atoms with van der Waals surface area (Å²) < 4.78 is 11.8. The normalized spacial score (nSPS) is 38.1. The number of nitrogens with one attached hydrogen (secondary N) is 3. The number of likely N-dealkylation sites (N-methyl/N-ethyl adjacent to an activating group) is 1. The van der Waals surface area contributed by atoms with Gasteiger partial charge in [0, 0.05) is 52.7 Å².